The molecule has 0 saturated heterocycles. The Bertz CT molecular complexity index is 708. The smallest absolute Gasteiger partial charge is 0.0809 e. The van der Waals surface area contributed by atoms with E-state index < -0.39 is 0 Å². The Labute approximate surface area is 147 Å². The molecule has 0 saturated carbocycles. The van der Waals surface area contributed by atoms with Crippen molar-refractivity contribution < 1.29 is 23.3 Å². The van der Waals surface area contributed by atoms with Gasteiger partial charge in [-0.3, -0.25) is 0 Å². The van der Waals surface area contributed by atoms with Gasteiger partial charge in [0.15, 0.2) is 0 Å². The summed E-state index contributed by atoms with van der Waals surface area (Å²) in [5.74, 6) is 0. The molecule has 0 aliphatic heterocycles. The zero-order valence-corrected chi connectivity index (χ0v) is 16.5. The number of benzene rings is 2. The van der Waals surface area contributed by atoms with Gasteiger partial charge in [-0.1, -0.05) is 12.1 Å². The van der Waals surface area contributed by atoms with Crippen LogP contribution in [0.1, 0.15) is 0 Å². The quantitative estimate of drug-likeness (QED) is 0.263. The Balaban J connectivity index is 0.000000131. The summed E-state index contributed by atoms with van der Waals surface area (Å²) in [6.07, 6.45) is 0. The van der Waals surface area contributed by atoms with E-state index in [-0.39, 0.29) is 5.43 Å². The van der Waals surface area contributed by atoms with Gasteiger partial charge >= 0.3 is 41.9 Å². The van der Waals surface area contributed by atoms with Crippen LogP contribution in [0.25, 0.3) is 21.5 Å². The monoisotopic (exact) mass is 378 g/mol. The topological polar surface area (TPSA) is 0 Å². The van der Waals surface area contributed by atoms with Gasteiger partial charge < -0.3 is 0 Å². The van der Waals surface area contributed by atoms with E-state index >= 15 is 0 Å². The average molecular weight is 380 g/mol. The Hall–Kier alpha value is -1.24. The van der Waals surface area contributed by atoms with Crippen LogP contribution in [-0.4, -0.2) is 5.43 Å². The van der Waals surface area contributed by atoms with E-state index in [2.05, 4.69) is 98.0 Å². The molecule has 0 fully saturated rings. The summed E-state index contributed by atoms with van der Waals surface area (Å²) in [7, 11) is 0. The molecule has 0 amide bonds. The molecule has 4 aromatic carbocycles. The summed E-state index contributed by atoms with van der Waals surface area (Å²) in [4.78, 5) is 0. The van der Waals surface area contributed by atoms with E-state index in [0.29, 0.717) is 0 Å². The van der Waals surface area contributed by atoms with E-state index in [0.717, 1.165) is 0 Å². The zero-order valence-electron chi connectivity index (χ0n) is 13.1. The predicted octanol–water partition coefficient (Wildman–Crippen LogP) is 5.90. The maximum atomic E-state index is 2.31. The van der Waals surface area contributed by atoms with Crippen LogP contribution < -0.4 is 0 Å². The molecule has 0 unspecified atom stereocenters. The molecule has 0 aliphatic rings. The van der Waals surface area contributed by atoms with Gasteiger partial charge in [-0.05, 0) is 0 Å². The SMILES string of the molecule is C[Si](C)=[Zr].c1ccc2[cH-]ccc2c1.c1ccc2[cH-]ccc2c1. The van der Waals surface area contributed by atoms with Crippen molar-refractivity contribution in [3.63, 3.8) is 0 Å². The largest absolute Gasteiger partial charge is 0.168 e. The maximum absolute atomic E-state index is 2.31. The summed E-state index contributed by atoms with van der Waals surface area (Å²) in [5, 5.41) is 5.32. The minimum Gasteiger partial charge on any atom is -0.168 e. The van der Waals surface area contributed by atoms with Gasteiger partial charge in [0, 0.05) is 0 Å². The molecule has 0 N–H and O–H groups in total. The van der Waals surface area contributed by atoms with E-state index in [1.807, 2.05) is 0 Å². The van der Waals surface area contributed by atoms with Gasteiger partial charge in [0.25, 0.3) is 0 Å². The van der Waals surface area contributed by atoms with Crippen LogP contribution in [0, 0.1) is 0 Å². The van der Waals surface area contributed by atoms with E-state index in [1.165, 1.54) is 21.5 Å². The fourth-order valence-corrected chi connectivity index (χ4v) is 2.14. The number of fused-ring (bicyclic) bond motifs is 2. The molecule has 0 aliphatic carbocycles. The van der Waals surface area contributed by atoms with Crippen LogP contribution >= 0.6 is 0 Å². The third kappa shape index (κ3) is 5.51. The fourth-order valence-electron chi connectivity index (χ4n) is 2.14. The molecule has 2 heteroatoms. The second kappa shape index (κ2) is 9.02. The Kier molecular flexibility index (Phi) is 7.02. The van der Waals surface area contributed by atoms with Crippen molar-refractivity contribution in [3.05, 3.63) is 84.9 Å². The molecule has 110 valence electrons. The van der Waals surface area contributed by atoms with Gasteiger partial charge in [0.05, 0.1) is 0 Å². The molecule has 4 rings (SSSR count). The van der Waals surface area contributed by atoms with Crippen molar-refractivity contribution in [3.8, 4) is 0 Å². The Morgan fingerprint density at radius 1 is 0.682 bits per heavy atom. The van der Waals surface area contributed by atoms with Crippen molar-refractivity contribution >= 4 is 27.0 Å². The molecule has 0 bridgehead atoms. The van der Waals surface area contributed by atoms with Gasteiger partial charge in [-0.2, -0.15) is 35.0 Å². The second-order valence-corrected chi connectivity index (χ2v) is 14.7. The molecule has 0 aromatic heterocycles. The standard InChI is InChI=1S/2C9H7.C2H6Si.Zr/c2*1-2-5-9-7-3-6-8(9)4-1;1-3-2;/h2*1-7H;1-2H3;/q2*-1;;. The van der Waals surface area contributed by atoms with Gasteiger partial charge in [0.1, 0.15) is 0 Å². The van der Waals surface area contributed by atoms with Gasteiger partial charge in [0.2, 0.25) is 0 Å². The van der Waals surface area contributed by atoms with Crippen LogP contribution in [-0.2, 0) is 23.3 Å². The first kappa shape index (κ1) is 17.1. The van der Waals surface area contributed by atoms with E-state index in [9.17, 15) is 0 Å². The normalized spacial score (nSPS) is 9.50. The minimum atomic E-state index is 0.210. The molecule has 0 radical (unpaired) electrons. The Morgan fingerprint density at radius 3 is 1.41 bits per heavy atom. The van der Waals surface area contributed by atoms with Crippen LogP contribution in [0.15, 0.2) is 84.9 Å². The first-order valence-electron chi connectivity index (χ1n) is 7.39. The van der Waals surface area contributed by atoms with Crippen molar-refractivity contribution in [2.24, 2.45) is 0 Å². The molecule has 0 heterocycles. The predicted molar refractivity (Wildman–Crippen MR) is 96.6 cm³/mol. The average Bonchev–Trinajstić information content (AvgIpc) is 3.16. The van der Waals surface area contributed by atoms with Crippen molar-refractivity contribution in [2.75, 3.05) is 0 Å². The van der Waals surface area contributed by atoms with Crippen LogP contribution in [0.4, 0.5) is 0 Å². The summed E-state index contributed by atoms with van der Waals surface area (Å²) < 4.78 is 0. The zero-order chi connectivity index (χ0) is 15.8. The number of hydrogen-bond acceptors (Lipinski definition) is 0. The van der Waals surface area contributed by atoms with Gasteiger partial charge in [-0.25, -0.2) is 0 Å². The van der Waals surface area contributed by atoms with Crippen LogP contribution in [0.5, 0.6) is 0 Å². The van der Waals surface area contributed by atoms with Crippen molar-refractivity contribution in [1.82, 2.24) is 0 Å². The van der Waals surface area contributed by atoms with Crippen LogP contribution in [0.3, 0.4) is 0 Å². The summed E-state index contributed by atoms with van der Waals surface area (Å²) in [5.41, 5.74) is 0.210. The Morgan fingerprint density at radius 2 is 1.05 bits per heavy atom. The summed E-state index contributed by atoms with van der Waals surface area (Å²) in [6.45, 7) is 4.62. The number of hydrogen-bond donors (Lipinski definition) is 0. The molecule has 0 atom stereocenters. The fraction of sp³-hybridized carbons (Fsp3) is 0.100. The molecule has 0 spiro atoms. The molecule has 4 aromatic rings. The first-order valence-corrected chi connectivity index (χ1v) is 13.6. The van der Waals surface area contributed by atoms with E-state index in [4.69, 9.17) is 0 Å². The third-order valence-electron chi connectivity index (χ3n) is 3.10. The molecule has 22 heavy (non-hydrogen) atoms. The summed E-state index contributed by atoms with van der Waals surface area (Å²) in [6, 6.07) is 29.3. The van der Waals surface area contributed by atoms with Crippen molar-refractivity contribution in [1.29, 1.82) is 0 Å². The second-order valence-electron chi connectivity index (χ2n) is 5.31. The molecular weight excluding hydrogens is 360 g/mol. The van der Waals surface area contributed by atoms with Crippen molar-refractivity contribution in [2.45, 2.75) is 13.1 Å². The molecular formula is C20H20SiZr-2. The minimum absolute atomic E-state index is 0.210. The van der Waals surface area contributed by atoms with Crippen LogP contribution in [0.2, 0.25) is 13.1 Å². The number of rotatable bonds is 0. The van der Waals surface area contributed by atoms with Gasteiger partial charge in [-0.15, -0.1) is 59.3 Å². The first-order chi connectivity index (χ1) is 10.7. The summed E-state index contributed by atoms with van der Waals surface area (Å²) >= 11 is 1.74. The van der Waals surface area contributed by atoms with E-state index in [1.54, 1.807) is 23.3 Å². The molecule has 0 nitrogen and oxygen atoms in total. The maximum Gasteiger partial charge on any atom is -0.0809 e. The third-order valence-corrected chi connectivity index (χ3v) is 3.10.